The number of nitrogens with zero attached hydrogens (tertiary/aromatic N) is 2. The van der Waals surface area contributed by atoms with Gasteiger partial charge in [0.1, 0.15) is 6.54 Å². The Bertz CT molecular complexity index is 523. The molecule has 0 heterocycles. The van der Waals surface area contributed by atoms with Crippen LogP contribution in [0.4, 0.5) is 10.5 Å². The van der Waals surface area contributed by atoms with Crippen LogP contribution in [0, 0.1) is 11.3 Å². The monoisotopic (exact) mass is 275 g/mol. The molecule has 1 aromatic rings. The molecule has 0 atom stereocenters. The molecular weight excluding hydrogens is 258 g/mol. The van der Waals surface area contributed by atoms with Crippen LogP contribution in [0.3, 0.4) is 0 Å². The second kappa shape index (κ2) is 7.79. The number of anilines is 1. The molecule has 0 bridgehead atoms. The molecule has 1 N–H and O–H groups in total. The molecule has 0 saturated carbocycles. The zero-order chi connectivity index (χ0) is 15.0. The molecule has 6 nitrogen and oxygen atoms in total. The summed E-state index contributed by atoms with van der Waals surface area (Å²) >= 11 is 0. The lowest BCUT2D eigenvalue weighted by molar-refractivity contribution is -0.141. The minimum absolute atomic E-state index is 0.103. The van der Waals surface area contributed by atoms with Gasteiger partial charge in [-0.3, -0.25) is 4.79 Å². The second-order valence-corrected chi connectivity index (χ2v) is 4.12. The van der Waals surface area contributed by atoms with Gasteiger partial charge in [0, 0.05) is 12.2 Å². The molecule has 1 rings (SSSR count). The molecule has 0 spiro atoms. The highest BCUT2D eigenvalue weighted by molar-refractivity contribution is 5.91. The Morgan fingerprint density at radius 2 is 2.20 bits per heavy atom. The van der Waals surface area contributed by atoms with Gasteiger partial charge in [-0.15, -0.1) is 0 Å². The molecule has 106 valence electrons. The van der Waals surface area contributed by atoms with Gasteiger partial charge in [0.05, 0.1) is 18.7 Å². The molecule has 0 aliphatic carbocycles. The van der Waals surface area contributed by atoms with Gasteiger partial charge < -0.3 is 15.0 Å². The van der Waals surface area contributed by atoms with E-state index in [1.807, 2.05) is 13.0 Å². The zero-order valence-corrected chi connectivity index (χ0v) is 11.5. The Balaban J connectivity index is 2.74. The van der Waals surface area contributed by atoms with Crippen molar-refractivity contribution in [3.05, 3.63) is 29.8 Å². The SMILES string of the molecule is CCCN(CC(=O)OC)C(=O)Nc1cccc(C#N)c1. The molecule has 0 unspecified atom stereocenters. The number of methoxy groups -OCH3 is 1. The van der Waals surface area contributed by atoms with Crippen molar-refractivity contribution >= 4 is 17.7 Å². The fourth-order valence-corrected chi connectivity index (χ4v) is 1.61. The second-order valence-electron chi connectivity index (χ2n) is 4.12. The normalized spacial score (nSPS) is 9.45. The lowest BCUT2D eigenvalue weighted by atomic mass is 10.2. The number of carbonyl (C=O) groups excluding carboxylic acids is 2. The van der Waals surface area contributed by atoms with Crippen molar-refractivity contribution in [2.24, 2.45) is 0 Å². The fraction of sp³-hybridized carbons (Fsp3) is 0.357. The van der Waals surface area contributed by atoms with Gasteiger partial charge in [0.25, 0.3) is 0 Å². The van der Waals surface area contributed by atoms with Crippen LogP contribution < -0.4 is 5.32 Å². The summed E-state index contributed by atoms with van der Waals surface area (Å²) in [7, 11) is 1.28. The van der Waals surface area contributed by atoms with Crippen molar-refractivity contribution in [3.63, 3.8) is 0 Å². The maximum Gasteiger partial charge on any atom is 0.325 e. The largest absolute Gasteiger partial charge is 0.468 e. The molecule has 0 radical (unpaired) electrons. The molecule has 1 aromatic carbocycles. The minimum Gasteiger partial charge on any atom is -0.468 e. The Morgan fingerprint density at radius 3 is 2.80 bits per heavy atom. The number of benzene rings is 1. The third-order valence-corrected chi connectivity index (χ3v) is 2.57. The van der Waals surface area contributed by atoms with Crippen LogP contribution in [0.15, 0.2) is 24.3 Å². The number of urea groups is 1. The molecule has 20 heavy (non-hydrogen) atoms. The summed E-state index contributed by atoms with van der Waals surface area (Å²) in [5, 5.41) is 11.5. The van der Waals surface area contributed by atoms with Crippen LogP contribution in [0.1, 0.15) is 18.9 Å². The van der Waals surface area contributed by atoms with E-state index >= 15 is 0 Å². The van der Waals surface area contributed by atoms with Crippen LogP contribution in [0.25, 0.3) is 0 Å². The van der Waals surface area contributed by atoms with Crippen LogP contribution >= 0.6 is 0 Å². The van der Waals surface area contributed by atoms with E-state index in [1.54, 1.807) is 24.3 Å². The van der Waals surface area contributed by atoms with E-state index in [4.69, 9.17) is 5.26 Å². The predicted molar refractivity (Wildman–Crippen MR) is 74.1 cm³/mol. The van der Waals surface area contributed by atoms with Gasteiger partial charge in [-0.2, -0.15) is 5.26 Å². The maximum absolute atomic E-state index is 12.1. The van der Waals surface area contributed by atoms with Crippen LogP contribution in [0.5, 0.6) is 0 Å². The summed E-state index contributed by atoms with van der Waals surface area (Å²) in [5.74, 6) is -0.473. The van der Waals surface area contributed by atoms with Gasteiger partial charge in [-0.25, -0.2) is 4.79 Å². The highest BCUT2D eigenvalue weighted by Crippen LogP contribution is 2.10. The Labute approximate surface area is 117 Å². The third-order valence-electron chi connectivity index (χ3n) is 2.57. The summed E-state index contributed by atoms with van der Waals surface area (Å²) < 4.78 is 4.56. The third kappa shape index (κ3) is 4.61. The van der Waals surface area contributed by atoms with Crippen molar-refractivity contribution in [1.82, 2.24) is 4.90 Å². The van der Waals surface area contributed by atoms with Crippen LogP contribution in [0.2, 0.25) is 0 Å². The number of hydrogen-bond acceptors (Lipinski definition) is 4. The highest BCUT2D eigenvalue weighted by Gasteiger charge is 2.16. The van der Waals surface area contributed by atoms with E-state index < -0.39 is 12.0 Å². The predicted octanol–water partition coefficient (Wildman–Crippen LogP) is 1.98. The number of nitriles is 1. The number of hydrogen-bond donors (Lipinski definition) is 1. The first kappa shape index (κ1) is 15.5. The first-order chi connectivity index (χ1) is 9.60. The quantitative estimate of drug-likeness (QED) is 0.833. The number of esters is 1. The van der Waals surface area contributed by atoms with Crippen molar-refractivity contribution in [3.8, 4) is 6.07 Å². The number of amides is 2. The molecule has 0 aliphatic rings. The van der Waals surface area contributed by atoms with Crippen LogP contribution in [-0.4, -0.2) is 37.1 Å². The average Bonchev–Trinajstić information content (AvgIpc) is 2.46. The Kier molecular flexibility index (Phi) is 6.04. The van der Waals surface area contributed by atoms with Crippen molar-refractivity contribution in [2.75, 3.05) is 25.5 Å². The fourth-order valence-electron chi connectivity index (χ4n) is 1.61. The first-order valence-electron chi connectivity index (χ1n) is 6.23. The number of rotatable bonds is 5. The molecule has 0 fully saturated rings. The smallest absolute Gasteiger partial charge is 0.325 e. The molecular formula is C14H17N3O3. The van der Waals surface area contributed by atoms with Gasteiger partial charge in [-0.05, 0) is 24.6 Å². The maximum atomic E-state index is 12.1. The lowest BCUT2D eigenvalue weighted by Gasteiger charge is -2.21. The van der Waals surface area contributed by atoms with Crippen molar-refractivity contribution in [1.29, 1.82) is 5.26 Å². The van der Waals surface area contributed by atoms with Crippen LogP contribution in [-0.2, 0) is 9.53 Å². The molecule has 0 aliphatic heterocycles. The molecule has 2 amide bonds. The standard InChI is InChI=1S/C14H17N3O3/c1-3-7-17(10-13(18)20-2)14(19)16-12-6-4-5-11(8-12)9-15/h4-6,8H,3,7,10H2,1-2H3,(H,16,19). The zero-order valence-electron chi connectivity index (χ0n) is 11.5. The molecule has 0 aromatic heterocycles. The van der Waals surface area contributed by atoms with Gasteiger partial charge >= 0.3 is 12.0 Å². The van der Waals surface area contributed by atoms with E-state index in [-0.39, 0.29) is 6.54 Å². The highest BCUT2D eigenvalue weighted by atomic mass is 16.5. The summed E-state index contributed by atoms with van der Waals surface area (Å²) in [6.07, 6.45) is 0.725. The number of carbonyl (C=O) groups is 2. The lowest BCUT2D eigenvalue weighted by Crippen LogP contribution is -2.39. The Hall–Kier alpha value is -2.55. The Morgan fingerprint density at radius 1 is 1.45 bits per heavy atom. The van der Waals surface area contributed by atoms with Crippen molar-refractivity contribution < 1.29 is 14.3 Å². The summed E-state index contributed by atoms with van der Waals surface area (Å²) in [5.41, 5.74) is 0.970. The average molecular weight is 275 g/mol. The first-order valence-corrected chi connectivity index (χ1v) is 6.23. The van der Waals surface area contributed by atoms with Gasteiger partial charge in [0.2, 0.25) is 0 Å². The summed E-state index contributed by atoms with van der Waals surface area (Å²) in [6.45, 7) is 2.25. The summed E-state index contributed by atoms with van der Waals surface area (Å²) in [4.78, 5) is 24.7. The summed E-state index contributed by atoms with van der Waals surface area (Å²) in [6, 6.07) is 8.18. The number of nitrogens with one attached hydrogen (secondary N) is 1. The van der Waals surface area contributed by atoms with Gasteiger partial charge in [-0.1, -0.05) is 13.0 Å². The van der Waals surface area contributed by atoms with E-state index in [1.165, 1.54) is 12.0 Å². The van der Waals surface area contributed by atoms with E-state index in [9.17, 15) is 9.59 Å². The van der Waals surface area contributed by atoms with E-state index in [0.717, 1.165) is 6.42 Å². The van der Waals surface area contributed by atoms with Crippen molar-refractivity contribution in [2.45, 2.75) is 13.3 Å². The van der Waals surface area contributed by atoms with E-state index in [0.29, 0.717) is 17.8 Å². The molecule has 6 heteroatoms. The molecule has 0 saturated heterocycles. The topological polar surface area (TPSA) is 82.4 Å². The minimum atomic E-state index is -0.473. The van der Waals surface area contributed by atoms with E-state index in [2.05, 4.69) is 10.1 Å². The number of ether oxygens (including phenoxy) is 1. The van der Waals surface area contributed by atoms with Gasteiger partial charge in [0.15, 0.2) is 0 Å².